The Morgan fingerprint density at radius 1 is 1.35 bits per heavy atom. The van der Waals surface area contributed by atoms with Crippen molar-refractivity contribution in [3.05, 3.63) is 40.7 Å². The number of hydrogen-bond acceptors (Lipinski definition) is 5. The van der Waals surface area contributed by atoms with E-state index in [4.69, 9.17) is 4.74 Å². The number of pyridine rings is 1. The van der Waals surface area contributed by atoms with Crippen LogP contribution >= 0.6 is 11.3 Å². The number of rotatable bonds is 5. The summed E-state index contributed by atoms with van der Waals surface area (Å²) in [6.07, 6.45) is 2.19. The Kier molecular flexibility index (Phi) is 5.60. The summed E-state index contributed by atoms with van der Waals surface area (Å²) in [5, 5.41) is 8.15. The molecule has 0 aliphatic carbocycles. The molecule has 0 aromatic carbocycles. The molecule has 0 aliphatic heterocycles. The molecule has 0 bridgehead atoms. The van der Waals surface area contributed by atoms with Crippen molar-refractivity contribution in [2.24, 2.45) is 0 Å². The number of nitrogens with one attached hydrogen (secondary N) is 2. The van der Waals surface area contributed by atoms with Crippen molar-refractivity contribution in [2.45, 2.75) is 45.8 Å². The van der Waals surface area contributed by atoms with Crippen LogP contribution < -0.4 is 10.6 Å². The van der Waals surface area contributed by atoms with Gasteiger partial charge in [0.25, 0.3) is 0 Å². The molecular formula is C17H23N3O2S. The SMILES string of the molecule is CCC(Nc1ccc(NC(=O)OC(C)(C)C)nc1)c1cccs1. The maximum Gasteiger partial charge on any atom is 0.413 e. The second kappa shape index (κ2) is 7.46. The lowest BCUT2D eigenvalue weighted by Gasteiger charge is -2.19. The Hall–Kier alpha value is -2.08. The molecule has 0 fully saturated rings. The lowest BCUT2D eigenvalue weighted by atomic mass is 10.2. The molecule has 2 N–H and O–H groups in total. The summed E-state index contributed by atoms with van der Waals surface area (Å²) in [6, 6.07) is 8.10. The second-order valence-corrected chi connectivity index (χ2v) is 7.16. The Labute approximate surface area is 141 Å². The summed E-state index contributed by atoms with van der Waals surface area (Å²) < 4.78 is 5.20. The van der Waals surface area contributed by atoms with Gasteiger partial charge in [-0.25, -0.2) is 9.78 Å². The summed E-state index contributed by atoms with van der Waals surface area (Å²) in [6.45, 7) is 7.61. The zero-order valence-electron chi connectivity index (χ0n) is 13.9. The molecule has 2 heterocycles. The van der Waals surface area contributed by atoms with E-state index in [1.165, 1.54) is 4.88 Å². The van der Waals surface area contributed by atoms with Gasteiger partial charge < -0.3 is 10.1 Å². The molecule has 2 aromatic heterocycles. The Morgan fingerprint density at radius 2 is 2.13 bits per heavy atom. The standard InChI is InChI=1S/C17H23N3O2S/c1-5-13(14-7-6-10-23-14)19-12-8-9-15(18-11-12)20-16(21)22-17(2,3)4/h6-11,13,19H,5H2,1-4H3,(H,18,20,21). The molecule has 2 rings (SSSR count). The van der Waals surface area contributed by atoms with Crippen molar-refractivity contribution in [1.82, 2.24) is 4.98 Å². The van der Waals surface area contributed by atoms with Gasteiger partial charge in [-0.15, -0.1) is 11.3 Å². The lowest BCUT2D eigenvalue weighted by Crippen LogP contribution is -2.27. The summed E-state index contributed by atoms with van der Waals surface area (Å²) in [5.41, 5.74) is 0.390. The minimum Gasteiger partial charge on any atom is -0.444 e. The molecule has 0 saturated heterocycles. The first-order chi connectivity index (χ1) is 10.9. The molecule has 0 spiro atoms. The fourth-order valence-electron chi connectivity index (χ4n) is 2.03. The van der Waals surface area contributed by atoms with Gasteiger partial charge >= 0.3 is 6.09 Å². The van der Waals surface area contributed by atoms with Crippen LogP contribution in [0.2, 0.25) is 0 Å². The quantitative estimate of drug-likeness (QED) is 0.803. The van der Waals surface area contributed by atoms with Gasteiger partial charge in [-0.2, -0.15) is 0 Å². The van der Waals surface area contributed by atoms with E-state index in [2.05, 4.69) is 40.1 Å². The molecular weight excluding hydrogens is 310 g/mol. The highest BCUT2D eigenvalue weighted by Gasteiger charge is 2.16. The normalized spacial score (nSPS) is 12.5. The van der Waals surface area contributed by atoms with Crippen molar-refractivity contribution in [3.63, 3.8) is 0 Å². The molecule has 0 radical (unpaired) electrons. The molecule has 2 aromatic rings. The van der Waals surface area contributed by atoms with Gasteiger partial charge in [-0.3, -0.25) is 5.32 Å². The highest BCUT2D eigenvalue weighted by molar-refractivity contribution is 7.10. The smallest absolute Gasteiger partial charge is 0.413 e. The van der Waals surface area contributed by atoms with Gasteiger partial charge in [-0.1, -0.05) is 13.0 Å². The van der Waals surface area contributed by atoms with Crippen LogP contribution in [0.4, 0.5) is 16.3 Å². The van der Waals surface area contributed by atoms with E-state index in [-0.39, 0.29) is 6.04 Å². The van der Waals surface area contributed by atoms with Crippen LogP contribution in [0.25, 0.3) is 0 Å². The average Bonchev–Trinajstić information content (AvgIpc) is 2.98. The molecule has 5 nitrogen and oxygen atoms in total. The zero-order chi connectivity index (χ0) is 16.9. The third-order valence-corrected chi connectivity index (χ3v) is 4.01. The van der Waals surface area contributed by atoms with Crippen molar-refractivity contribution >= 4 is 28.9 Å². The van der Waals surface area contributed by atoms with E-state index in [0.717, 1.165) is 12.1 Å². The lowest BCUT2D eigenvalue weighted by molar-refractivity contribution is 0.0635. The summed E-state index contributed by atoms with van der Waals surface area (Å²) in [5.74, 6) is 0.467. The zero-order valence-corrected chi connectivity index (χ0v) is 14.7. The highest BCUT2D eigenvalue weighted by Crippen LogP contribution is 2.26. The van der Waals surface area contributed by atoms with Gasteiger partial charge in [-0.05, 0) is 50.8 Å². The fourth-order valence-corrected chi connectivity index (χ4v) is 2.89. The van der Waals surface area contributed by atoms with Crippen molar-refractivity contribution in [3.8, 4) is 0 Å². The summed E-state index contributed by atoms with van der Waals surface area (Å²) in [4.78, 5) is 17.2. The van der Waals surface area contributed by atoms with Gasteiger partial charge in [0.05, 0.1) is 17.9 Å². The van der Waals surface area contributed by atoms with E-state index >= 15 is 0 Å². The van der Waals surface area contributed by atoms with Crippen molar-refractivity contribution in [2.75, 3.05) is 10.6 Å². The van der Waals surface area contributed by atoms with Gasteiger partial charge in [0.1, 0.15) is 11.4 Å². The number of hydrogen-bond donors (Lipinski definition) is 2. The van der Waals surface area contributed by atoms with E-state index in [0.29, 0.717) is 5.82 Å². The van der Waals surface area contributed by atoms with Crippen LogP contribution in [0.1, 0.15) is 45.0 Å². The number of carbonyl (C=O) groups is 1. The predicted molar refractivity (Wildman–Crippen MR) is 95.1 cm³/mol. The first kappa shape index (κ1) is 17.3. The fraction of sp³-hybridized carbons (Fsp3) is 0.412. The van der Waals surface area contributed by atoms with Crippen LogP contribution in [-0.4, -0.2) is 16.7 Å². The maximum atomic E-state index is 11.7. The minimum absolute atomic E-state index is 0.265. The number of carbonyl (C=O) groups excluding carboxylic acids is 1. The van der Waals surface area contributed by atoms with E-state index in [9.17, 15) is 4.79 Å². The van der Waals surface area contributed by atoms with Gasteiger partial charge in [0.15, 0.2) is 0 Å². The van der Waals surface area contributed by atoms with Gasteiger partial charge in [0.2, 0.25) is 0 Å². The van der Waals surface area contributed by atoms with Crippen LogP contribution in [0.15, 0.2) is 35.8 Å². The summed E-state index contributed by atoms with van der Waals surface area (Å²) >= 11 is 1.74. The van der Waals surface area contributed by atoms with E-state index in [1.54, 1.807) is 23.6 Å². The predicted octanol–water partition coefficient (Wildman–Crippen LogP) is 5.05. The van der Waals surface area contributed by atoms with E-state index < -0.39 is 11.7 Å². The number of amides is 1. The molecule has 6 heteroatoms. The Bertz CT molecular complexity index is 618. The first-order valence-corrected chi connectivity index (χ1v) is 8.51. The number of ether oxygens (including phenoxy) is 1. The third-order valence-electron chi connectivity index (χ3n) is 3.03. The topological polar surface area (TPSA) is 63.2 Å². The molecule has 23 heavy (non-hydrogen) atoms. The minimum atomic E-state index is -0.527. The number of nitrogens with zero attached hydrogens (tertiary/aromatic N) is 1. The third kappa shape index (κ3) is 5.56. The van der Waals surface area contributed by atoms with E-state index in [1.807, 2.05) is 26.8 Å². The first-order valence-electron chi connectivity index (χ1n) is 7.63. The maximum absolute atomic E-state index is 11.7. The molecule has 0 aliphatic rings. The van der Waals surface area contributed by atoms with Crippen molar-refractivity contribution in [1.29, 1.82) is 0 Å². The van der Waals surface area contributed by atoms with Crippen LogP contribution in [-0.2, 0) is 4.74 Å². The number of thiophene rings is 1. The van der Waals surface area contributed by atoms with Crippen LogP contribution in [0, 0.1) is 0 Å². The molecule has 1 unspecified atom stereocenters. The Morgan fingerprint density at radius 3 is 2.65 bits per heavy atom. The van der Waals surface area contributed by atoms with Crippen molar-refractivity contribution < 1.29 is 9.53 Å². The Balaban J connectivity index is 1.95. The number of aromatic nitrogens is 1. The summed E-state index contributed by atoms with van der Waals surface area (Å²) in [7, 11) is 0. The number of anilines is 2. The molecule has 0 saturated carbocycles. The monoisotopic (exact) mass is 333 g/mol. The van der Waals surface area contributed by atoms with Gasteiger partial charge in [0, 0.05) is 4.88 Å². The van der Waals surface area contributed by atoms with Crippen LogP contribution in [0.3, 0.4) is 0 Å². The largest absolute Gasteiger partial charge is 0.444 e. The average molecular weight is 333 g/mol. The van der Waals surface area contributed by atoms with Crippen LogP contribution in [0.5, 0.6) is 0 Å². The molecule has 1 atom stereocenters. The molecule has 124 valence electrons. The molecule has 1 amide bonds. The highest BCUT2D eigenvalue weighted by atomic mass is 32.1. The second-order valence-electron chi connectivity index (χ2n) is 6.18.